The molecule has 30 heavy (non-hydrogen) atoms. The van der Waals surface area contributed by atoms with Gasteiger partial charge < -0.3 is 9.64 Å². The summed E-state index contributed by atoms with van der Waals surface area (Å²) < 4.78 is 34.4. The van der Waals surface area contributed by atoms with Crippen LogP contribution in [0.5, 0.6) is 5.75 Å². The lowest BCUT2D eigenvalue weighted by Gasteiger charge is -2.21. The number of anilines is 1. The van der Waals surface area contributed by atoms with Crippen LogP contribution in [0.4, 0.5) is 5.69 Å². The summed E-state index contributed by atoms with van der Waals surface area (Å²) >= 11 is 0. The summed E-state index contributed by atoms with van der Waals surface area (Å²) in [5, 5.41) is 0. The Morgan fingerprint density at radius 3 is 2.43 bits per heavy atom. The molecule has 0 aliphatic carbocycles. The Morgan fingerprint density at radius 2 is 1.83 bits per heavy atom. The number of ether oxygens (including phenoxy) is 1. The molecule has 1 N–H and O–H groups in total. The molecule has 0 radical (unpaired) electrons. The summed E-state index contributed by atoms with van der Waals surface area (Å²) in [4.78, 5) is 13.6. The Kier molecular flexibility index (Phi) is 6.24. The van der Waals surface area contributed by atoms with Crippen molar-refractivity contribution in [3.05, 3.63) is 52.6 Å². The largest absolute Gasteiger partial charge is 0.496 e. The van der Waals surface area contributed by atoms with E-state index in [0.717, 1.165) is 33.7 Å². The van der Waals surface area contributed by atoms with Gasteiger partial charge in [0.2, 0.25) is 15.9 Å². The molecule has 1 atom stereocenters. The normalized spacial score (nSPS) is 14.7. The number of nitrogens with zero attached hydrogens (tertiary/aromatic N) is 1. The van der Waals surface area contributed by atoms with Crippen molar-refractivity contribution >= 4 is 21.6 Å². The highest BCUT2D eigenvalue weighted by molar-refractivity contribution is 7.89. The lowest BCUT2D eigenvalue weighted by Crippen LogP contribution is -2.28. The number of nitrogens with one attached hydrogen (secondary N) is 1. The number of methoxy groups -OCH3 is 1. The Bertz CT molecular complexity index is 1080. The SMILES string of the molecule is COc1cc(C)c([C@@H](C)NS(=O)(=O)c2ccc3c(c2)CCN3C(C)=O)cc1C(C)C. The average Bonchev–Trinajstić information content (AvgIpc) is 3.10. The molecule has 2 aromatic carbocycles. The first-order chi connectivity index (χ1) is 14.0. The molecule has 1 heterocycles. The Labute approximate surface area is 179 Å². The lowest BCUT2D eigenvalue weighted by molar-refractivity contribution is -0.116. The molecular weight excluding hydrogens is 400 g/mol. The van der Waals surface area contributed by atoms with Gasteiger partial charge in [-0.2, -0.15) is 0 Å². The summed E-state index contributed by atoms with van der Waals surface area (Å²) in [5.74, 6) is 1.03. The monoisotopic (exact) mass is 430 g/mol. The highest BCUT2D eigenvalue weighted by Crippen LogP contribution is 2.33. The third kappa shape index (κ3) is 4.23. The molecule has 7 heteroatoms. The fourth-order valence-electron chi connectivity index (χ4n) is 4.05. The molecule has 0 saturated carbocycles. The first-order valence-electron chi connectivity index (χ1n) is 10.2. The second-order valence-electron chi connectivity index (χ2n) is 8.16. The van der Waals surface area contributed by atoms with E-state index in [4.69, 9.17) is 4.74 Å². The maximum Gasteiger partial charge on any atom is 0.241 e. The van der Waals surface area contributed by atoms with Crippen LogP contribution in [-0.4, -0.2) is 28.0 Å². The summed E-state index contributed by atoms with van der Waals surface area (Å²) in [5.41, 5.74) is 4.61. The summed E-state index contributed by atoms with van der Waals surface area (Å²) in [6.07, 6.45) is 0.656. The molecule has 0 unspecified atom stereocenters. The molecule has 1 aliphatic heterocycles. The molecule has 0 aromatic heterocycles. The standard InChI is InChI=1S/C23H30N2O4S/c1-14(2)20-13-21(15(3)11-23(20)29-6)16(4)24-30(27,28)19-7-8-22-18(12-19)9-10-25(22)17(5)26/h7-8,11-14,16,24H,9-10H2,1-6H3/t16-/m1/s1. The van der Waals surface area contributed by atoms with Crippen LogP contribution in [0.25, 0.3) is 0 Å². The minimum atomic E-state index is -3.72. The van der Waals surface area contributed by atoms with Gasteiger partial charge in [-0.25, -0.2) is 13.1 Å². The second kappa shape index (κ2) is 8.40. The first kappa shape index (κ1) is 22.3. The molecule has 6 nitrogen and oxygen atoms in total. The van der Waals surface area contributed by atoms with Crippen LogP contribution in [0, 0.1) is 6.92 Å². The summed E-state index contributed by atoms with van der Waals surface area (Å²) in [6.45, 7) is 10.1. The van der Waals surface area contributed by atoms with Crippen LogP contribution in [0.1, 0.15) is 61.9 Å². The van der Waals surface area contributed by atoms with E-state index in [1.54, 1.807) is 30.2 Å². The fraction of sp³-hybridized carbons (Fsp3) is 0.435. The van der Waals surface area contributed by atoms with Crippen molar-refractivity contribution in [2.45, 2.75) is 57.9 Å². The lowest BCUT2D eigenvalue weighted by atomic mass is 9.94. The van der Waals surface area contributed by atoms with Crippen LogP contribution in [0.3, 0.4) is 0 Å². The second-order valence-corrected chi connectivity index (χ2v) is 9.87. The maximum absolute atomic E-state index is 13.1. The van der Waals surface area contributed by atoms with E-state index in [-0.39, 0.29) is 16.7 Å². The van der Waals surface area contributed by atoms with Gasteiger partial charge in [-0.3, -0.25) is 4.79 Å². The van der Waals surface area contributed by atoms with Gasteiger partial charge in [0.25, 0.3) is 0 Å². The number of hydrogen-bond acceptors (Lipinski definition) is 4. The first-order valence-corrected chi connectivity index (χ1v) is 11.6. The number of sulfonamides is 1. The number of carbonyl (C=O) groups is 1. The quantitative estimate of drug-likeness (QED) is 0.749. The zero-order chi connectivity index (χ0) is 22.2. The van der Waals surface area contributed by atoms with Crippen molar-refractivity contribution in [3.63, 3.8) is 0 Å². The molecule has 0 saturated heterocycles. The van der Waals surface area contributed by atoms with Crippen LogP contribution in [0.15, 0.2) is 35.2 Å². The number of fused-ring (bicyclic) bond motifs is 1. The topological polar surface area (TPSA) is 75.7 Å². The van der Waals surface area contributed by atoms with Gasteiger partial charge in [0.05, 0.1) is 12.0 Å². The number of amides is 1. The van der Waals surface area contributed by atoms with Crippen LogP contribution >= 0.6 is 0 Å². The molecule has 1 aliphatic rings. The zero-order valence-corrected chi connectivity index (χ0v) is 19.3. The summed E-state index contributed by atoms with van der Waals surface area (Å²) in [6, 6.07) is 8.54. The van der Waals surface area contributed by atoms with Crippen molar-refractivity contribution in [2.75, 3.05) is 18.6 Å². The molecule has 162 valence electrons. The van der Waals surface area contributed by atoms with E-state index in [2.05, 4.69) is 18.6 Å². The molecule has 1 amide bonds. The smallest absolute Gasteiger partial charge is 0.241 e. The number of carbonyl (C=O) groups excluding carboxylic acids is 1. The van der Waals surface area contributed by atoms with E-state index < -0.39 is 16.1 Å². The van der Waals surface area contributed by atoms with E-state index in [0.29, 0.717) is 13.0 Å². The van der Waals surface area contributed by atoms with Crippen molar-refractivity contribution in [2.24, 2.45) is 0 Å². The molecular formula is C23H30N2O4S. The third-order valence-electron chi connectivity index (χ3n) is 5.68. The van der Waals surface area contributed by atoms with Gasteiger partial charge in [-0.15, -0.1) is 0 Å². The molecule has 0 bridgehead atoms. The number of rotatable bonds is 6. The van der Waals surface area contributed by atoms with Gasteiger partial charge in [0.15, 0.2) is 0 Å². The highest BCUT2D eigenvalue weighted by atomic mass is 32.2. The van der Waals surface area contributed by atoms with Crippen molar-refractivity contribution in [1.82, 2.24) is 4.72 Å². The zero-order valence-electron chi connectivity index (χ0n) is 18.4. The average molecular weight is 431 g/mol. The Balaban J connectivity index is 1.89. The van der Waals surface area contributed by atoms with Gasteiger partial charge in [0.1, 0.15) is 5.75 Å². The summed E-state index contributed by atoms with van der Waals surface area (Å²) in [7, 11) is -2.07. The van der Waals surface area contributed by atoms with Crippen LogP contribution in [0.2, 0.25) is 0 Å². The van der Waals surface area contributed by atoms with Crippen LogP contribution < -0.4 is 14.4 Å². The van der Waals surface area contributed by atoms with Gasteiger partial charge in [0, 0.05) is 25.2 Å². The van der Waals surface area contributed by atoms with Gasteiger partial charge >= 0.3 is 0 Å². The van der Waals surface area contributed by atoms with Crippen molar-refractivity contribution in [3.8, 4) is 5.75 Å². The fourth-order valence-corrected chi connectivity index (χ4v) is 5.32. The third-order valence-corrected chi connectivity index (χ3v) is 7.21. The van der Waals surface area contributed by atoms with E-state index >= 15 is 0 Å². The maximum atomic E-state index is 13.1. The molecule has 2 aromatic rings. The van der Waals surface area contributed by atoms with Crippen molar-refractivity contribution in [1.29, 1.82) is 0 Å². The van der Waals surface area contributed by atoms with Crippen LogP contribution in [-0.2, 0) is 21.2 Å². The predicted octanol–water partition coefficient (Wildman–Crippen LogP) is 4.08. The Hall–Kier alpha value is -2.38. The number of benzene rings is 2. The molecule has 0 spiro atoms. The highest BCUT2D eigenvalue weighted by Gasteiger charge is 2.26. The molecule has 0 fully saturated rings. The van der Waals surface area contributed by atoms with Crippen molar-refractivity contribution < 1.29 is 17.9 Å². The minimum Gasteiger partial charge on any atom is -0.496 e. The Morgan fingerprint density at radius 1 is 1.13 bits per heavy atom. The van der Waals surface area contributed by atoms with E-state index in [9.17, 15) is 13.2 Å². The molecule has 3 rings (SSSR count). The predicted molar refractivity (Wildman–Crippen MR) is 119 cm³/mol. The van der Waals surface area contributed by atoms with E-state index in [1.807, 2.05) is 26.0 Å². The van der Waals surface area contributed by atoms with Gasteiger partial charge in [-0.1, -0.05) is 13.8 Å². The number of aryl methyl sites for hydroxylation is 1. The van der Waals surface area contributed by atoms with E-state index in [1.165, 1.54) is 6.92 Å². The number of hydrogen-bond donors (Lipinski definition) is 1. The minimum absolute atomic E-state index is 0.0351. The van der Waals surface area contributed by atoms with Gasteiger partial charge in [-0.05, 0) is 78.8 Å².